The van der Waals surface area contributed by atoms with Crippen LogP contribution < -0.4 is 5.32 Å². The number of carbonyl (C=O) groups is 1. The third-order valence-corrected chi connectivity index (χ3v) is 1.81. The van der Waals surface area contributed by atoms with Crippen LogP contribution in [0.4, 0.5) is 13.2 Å². The van der Waals surface area contributed by atoms with Crippen LogP contribution in [0.2, 0.25) is 0 Å². The van der Waals surface area contributed by atoms with Crippen molar-refractivity contribution in [3.05, 3.63) is 35.4 Å². The van der Waals surface area contributed by atoms with E-state index in [2.05, 4.69) is 5.32 Å². The molecular formula is C11H14F3NO. The molecule has 0 unspecified atom stereocenters. The van der Waals surface area contributed by atoms with E-state index in [-0.39, 0.29) is 18.9 Å². The molecule has 1 amide bonds. The Labute approximate surface area is 92.5 Å². The van der Waals surface area contributed by atoms with E-state index in [1.165, 1.54) is 0 Å². The lowest BCUT2D eigenvalue weighted by molar-refractivity contribution is -0.137. The van der Waals surface area contributed by atoms with Crippen molar-refractivity contribution in [1.82, 2.24) is 5.32 Å². The number of alkyl halides is 3. The van der Waals surface area contributed by atoms with E-state index in [9.17, 15) is 18.0 Å². The lowest BCUT2D eigenvalue weighted by Crippen LogP contribution is -2.22. The Hall–Kier alpha value is -1.52. The van der Waals surface area contributed by atoms with E-state index in [4.69, 9.17) is 0 Å². The van der Waals surface area contributed by atoms with Crippen molar-refractivity contribution in [2.75, 3.05) is 6.54 Å². The molecule has 0 aromatic heterocycles. The van der Waals surface area contributed by atoms with Gasteiger partial charge in [-0.2, -0.15) is 13.2 Å². The molecule has 0 saturated carbocycles. The van der Waals surface area contributed by atoms with Crippen LogP contribution in [0.1, 0.15) is 30.3 Å². The second-order valence-electron chi connectivity index (χ2n) is 2.93. The quantitative estimate of drug-likeness (QED) is 0.835. The molecule has 0 aliphatic heterocycles. The summed E-state index contributed by atoms with van der Waals surface area (Å²) in [5.41, 5.74) is -0.527. The summed E-state index contributed by atoms with van der Waals surface area (Å²) >= 11 is 0. The number of hydrogen-bond donors (Lipinski definition) is 1. The van der Waals surface area contributed by atoms with Crippen LogP contribution in [-0.4, -0.2) is 12.5 Å². The van der Waals surface area contributed by atoms with Crippen LogP contribution >= 0.6 is 0 Å². The van der Waals surface area contributed by atoms with Crippen LogP contribution in [0.5, 0.6) is 0 Å². The Morgan fingerprint density at radius 1 is 1.25 bits per heavy atom. The van der Waals surface area contributed by atoms with Gasteiger partial charge in [0.1, 0.15) is 0 Å². The summed E-state index contributed by atoms with van der Waals surface area (Å²) in [7, 11) is 0. The van der Waals surface area contributed by atoms with Crippen molar-refractivity contribution in [3.63, 3.8) is 0 Å². The van der Waals surface area contributed by atoms with E-state index in [1.807, 2.05) is 0 Å². The Morgan fingerprint density at radius 3 is 2.12 bits per heavy atom. The molecule has 0 atom stereocenters. The molecule has 0 heterocycles. The average molecular weight is 233 g/mol. The summed E-state index contributed by atoms with van der Waals surface area (Å²) in [4.78, 5) is 11.2. The van der Waals surface area contributed by atoms with Gasteiger partial charge < -0.3 is 5.32 Å². The minimum atomic E-state index is -4.36. The smallest absolute Gasteiger partial charge is 0.352 e. The molecule has 0 spiro atoms. The second kappa shape index (κ2) is 5.53. The molecule has 16 heavy (non-hydrogen) atoms. The largest absolute Gasteiger partial charge is 0.416 e. The summed E-state index contributed by atoms with van der Waals surface area (Å²) in [6.45, 7) is 2.18. The van der Waals surface area contributed by atoms with Gasteiger partial charge in [0.15, 0.2) is 0 Å². The van der Waals surface area contributed by atoms with Gasteiger partial charge >= 0.3 is 6.18 Å². The monoisotopic (exact) mass is 233 g/mol. The highest BCUT2D eigenvalue weighted by molar-refractivity contribution is 5.94. The Kier molecular flexibility index (Phi) is 5.01. The van der Waals surface area contributed by atoms with Crippen LogP contribution in [0.25, 0.3) is 0 Å². The first kappa shape index (κ1) is 14.5. The zero-order valence-electron chi connectivity index (χ0n) is 8.06. The number of nitrogens with one attached hydrogen (secondary N) is 1. The lowest BCUT2D eigenvalue weighted by atomic mass is 10.1. The molecule has 0 fully saturated rings. The molecule has 5 heteroatoms. The number of amides is 1. The van der Waals surface area contributed by atoms with Gasteiger partial charge in [-0.15, -0.1) is 0 Å². The maximum absolute atomic E-state index is 12.2. The molecule has 0 aliphatic carbocycles. The predicted molar refractivity (Wildman–Crippen MR) is 56.2 cm³/mol. The van der Waals surface area contributed by atoms with Crippen molar-refractivity contribution in [2.45, 2.75) is 20.5 Å². The molecule has 2 nitrogen and oxygen atoms in total. The van der Waals surface area contributed by atoms with Gasteiger partial charge in [-0.25, -0.2) is 0 Å². The predicted octanol–water partition coefficient (Wildman–Crippen LogP) is 3.09. The summed E-state index contributed by atoms with van der Waals surface area (Å²) < 4.78 is 36.5. The minimum absolute atomic E-state index is 0. The van der Waals surface area contributed by atoms with Crippen LogP contribution in [0.3, 0.4) is 0 Å². The molecule has 1 aromatic carbocycles. The third-order valence-electron chi connectivity index (χ3n) is 1.81. The lowest BCUT2D eigenvalue weighted by Gasteiger charge is -2.07. The highest BCUT2D eigenvalue weighted by atomic mass is 19.4. The Balaban J connectivity index is 0.00000225. The molecule has 1 N–H and O–H groups in total. The van der Waals surface area contributed by atoms with Crippen molar-refractivity contribution in [2.24, 2.45) is 0 Å². The fourth-order valence-electron chi connectivity index (χ4n) is 1.07. The molecule has 90 valence electrons. The standard InChI is InChI=1S/C10H10F3NO.CH4/c1-2-14-9(15)7-3-5-8(6-4-7)10(11,12)13;/h3-6H,2H2,1H3,(H,14,15);1H4. The van der Waals surface area contributed by atoms with Crippen LogP contribution in [0.15, 0.2) is 24.3 Å². The molecular weight excluding hydrogens is 219 g/mol. The van der Waals surface area contributed by atoms with Gasteiger partial charge in [0.25, 0.3) is 5.91 Å². The van der Waals surface area contributed by atoms with Crippen molar-refractivity contribution in [1.29, 1.82) is 0 Å². The zero-order chi connectivity index (χ0) is 11.5. The topological polar surface area (TPSA) is 29.1 Å². The summed E-state index contributed by atoms with van der Waals surface area (Å²) in [5, 5.41) is 2.50. The van der Waals surface area contributed by atoms with Gasteiger partial charge in [-0.1, -0.05) is 7.43 Å². The molecule has 0 aliphatic rings. The summed E-state index contributed by atoms with van der Waals surface area (Å²) in [5.74, 6) is -0.369. The maximum atomic E-state index is 12.2. The molecule has 0 saturated heterocycles. The first-order valence-electron chi connectivity index (χ1n) is 4.40. The van der Waals surface area contributed by atoms with E-state index in [1.54, 1.807) is 6.92 Å². The normalized spacial score (nSPS) is 10.5. The highest BCUT2D eigenvalue weighted by Gasteiger charge is 2.30. The Morgan fingerprint density at radius 2 is 1.75 bits per heavy atom. The van der Waals surface area contributed by atoms with Crippen molar-refractivity contribution in [3.8, 4) is 0 Å². The third kappa shape index (κ3) is 3.56. The number of halogens is 3. The van der Waals surface area contributed by atoms with E-state index >= 15 is 0 Å². The number of benzene rings is 1. The maximum Gasteiger partial charge on any atom is 0.416 e. The molecule has 1 aromatic rings. The first-order valence-corrected chi connectivity index (χ1v) is 4.40. The molecule has 0 bridgehead atoms. The van der Waals surface area contributed by atoms with E-state index in [0.717, 1.165) is 24.3 Å². The van der Waals surface area contributed by atoms with Crippen molar-refractivity contribution < 1.29 is 18.0 Å². The number of carbonyl (C=O) groups excluding carboxylic acids is 1. The minimum Gasteiger partial charge on any atom is -0.352 e. The summed E-state index contributed by atoms with van der Waals surface area (Å²) in [6.07, 6.45) is -4.36. The number of hydrogen-bond acceptors (Lipinski definition) is 1. The fraction of sp³-hybridized carbons (Fsp3) is 0.364. The van der Waals surface area contributed by atoms with Crippen LogP contribution in [0, 0.1) is 0 Å². The van der Waals surface area contributed by atoms with E-state index in [0.29, 0.717) is 6.54 Å². The molecule has 0 radical (unpaired) electrons. The van der Waals surface area contributed by atoms with Gasteiger partial charge in [-0.05, 0) is 31.2 Å². The van der Waals surface area contributed by atoms with Gasteiger partial charge in [0, 0.05) is 12.1 Å². The average Bonchev–Trinajstić information content (AvgIpc) is 2.17. The van der Waals surface area contributed by atoms with Crippen LogP contribution in [-0.2, 0) is 6.18 Å². The SMILES string of the molecule is C.CCNC(=O)c1ccc(C(F)(F)F)cc1. The second-order valence-corrected chi connectivity index (χ2v) is 2.93. The fourth-order valence-corrected chi connectivity index (χ4v) is 1.07. The zero-order valence-corrected chi connectivity index (χ0v) is 8.06. The first-order chi connectivity index (χ1) is 6.95. The Bertz CT molecular complexity index is 343. The highest BCUT2D eigenvalue weighted by Crippen LogP contribution is 2.28. The van der Waals surface area contributed by atoms with E-state index < -0.39 is 11.7 Å². The number of rotatable bonds is 2. The van der Waals surface area contributed by atoms with Gasteiger partial charge in [0.05, 0.1) is 5.56 Å². The van der Waals surface area contributed by atoms with Gasteiger partial charge in [0.2, 0.25) is 0 Å². The molecule has 1 rings (SSSR count). The van der Waals surface area contributed by atoms with Crippen molar-refractivity contribution >= 4 is 5.91 Å². The van der Waals surface area contributed by atoms with Gasteiger partial charge in [-0.3, -0.25) is 4.79 Å². The summed E-state index contributed by atoms with van der Waals surface area (Å²) in [6, 6.07) is 4.11.